The van der Waals surface area contributed by atoms with Crippen molar-refractivity contribution in [1.29, 1.82) is 0 Å². The van der Waals surface area contributed by atoms with E-state index in [1.807, 2.05) is 6.07 Å². The second-order valence-electron chi connectivity index (χ2n) is 5.34. The Kier molecular flexibility index (Phi) is 3.05. The van der Waals surface area contributed by atoms with Gasteiger partial charge < -0.3 is 9.73 Å². The molecule has 4 atom stereocenters. The normalized spacial score (nSPS) is 35.1. The van der Waals surface area contributed by atoms with Crippen LogP contribution >= 0.6 is 15.9 Å². The van der Waals surface area contributed by atoms with Crippen molar-refractivity contribution in [2.45, 2.75) is 25.9 Å². The smallest absolute Gasteiger partial charge is 0.169 e. The van der Waals surface area contributed by atoms with Crippen LogP contribution in [0.25, 0.3) is 0 Å². The third kappa shape index (κ3) is 1.96. The van der Waals surface area contributed by atoms with Gasteiger partial charge in [0.15, 0.2) is 4.67 Å². The van der Waals surface area contributed by atoms with Crippen molar-refractivity contribution in [1.82, 2.24) is 10.2 Å². The molecule has 2 fully saturated rings. The minimum absolute atomic E-state index is 0.377. The molecule has 17 heavy (non-hydrogen) atoms. The van der Waals surface area contributed by atoms with Crippen molar-refractivity contribution in [3.05, 3.63) is 22.6 Å². The largest absolute Gasteiger partial charge is 0.453 e. The van der Waals surface area contributed by atoms with Gasteiger partial charge in [-0.2, -0.15) is 0 Å². The fourth-order valence-corrected chi connectivity index (χ4v) is 3.75. The van der Waals surface area contributed by atoms with E-state index in [2.05, 4.69) is 46.1 Å². The van der Waals surface area contributed by atoms with Crippen LogP contribution in [0.3, 0.4) is 0 Å². The summed E-state index contributed by atoms with van der Waals surface area (Å²) >= 11 is 3.38. The molecule has 4 unspecified atom stereocenters. The SMILES string of the molecule is CC(c1ccc(Br)o1)N1CC2CNCC2C1C. The molecule has 3 nitrogen and oxygen atoms in total. The summed E-state index contributed by atoms with van der Waals surface area (Å²) in [5.41, 5.74) is 0. The first-order chi connectivity index (χ1) is 8.16. The van der Waals surface area contributed by atoms with E-state index in [9.17, 15) is 0 Å². The van der Waals surface area contributed by atoms with Crippen molar-refractivity contribution >= 4 is 15.9 Å². The topological polar surface area (TPSA) is 28.4 Å². The lowest BCUT2D eigenvalue weighted by atomic mass is 9.95. The maximum absolute atomic E-state index is 5.69. The Morgan fingerprint density at radius 3 is 2.94 bits per heavy atom. The second-order valence-corrected chi connectivity index (χ2v) is 6.12. The van der Waals surface area contributed by atoms with Crippen LogP contribution in [0.2, 0.25) is 0 Å². The van der Waals surface area contributed by atoms with E-state index in [1.165, 1.54) is 19.6 Å². The van der Waals surface area contributed by atoms with Crippen LogP contribution in [0.5, 0.6) is 0 Å². The summed E-state index contributed by atoms with van der Waals surface area (Å²) in [6, 6.07) is 5.08. The van der Waals surface area contributed by atoms with E-state index >= 15 is 0 Å². The van der Waals surface area contributed by atoms with Crippen LogP contribution in [0.1, 0.15) is 25.6 Å². The zero-order valence-electron chi connectivity index (χ0n) is 10.3. The molecule has 0 amide bonds. The number of nitrogens with one attached hydrogen (secondary N) is 1. The number of hydrogen-bond donors (Lipinski definition) is 1. The molecule has 1 aromatic heterocycles. The molecule has 2 aliphatic rings. The minimum Gasteiger partial charge on any atom is -0.453 e. The van der Waals surface area contributed by atoms with E-state index in [-0.39, 0.29) is 0 Å². The van der Waals surface area contributed by atoms with Crippen LogP contribution in [-0.2, 0) is 0 Å². The quantitative estimate of drug-likeness (QED) is 0.910. The molecule has 3 rings (SSSR count). The van der Waals surface area contributed by atoms with Crippen LogP contribution in [-0.4, -0.2) is 30.6 Å². The molecule has 3 heterocycles. The Balaban J connectivity index is 1.77. The van der Waals surface area contributed by atoms with Crippen molar-refractivity contribution in [2.24, 2.45) is 11.8 Å². The van der Waals surface area contributed by atoms with Gasteiger partial charge in [0.1, 0.15) is 5.76 Å². The molecule has 1 aromatic rings. The molecule has 2 aliphatic heterocycles. The highest BCUT2D eigenvalue weighted by molar-refractivity contribution is 9.10. The molecule has 0 bridgehead atoms. The van der Waals surface area contributed by atoms with Gasteiger partial charge in [-0.05, 0) is 66.8 Å². The Morgan fingerprint density at radius 2 is 2.29 bits per heavy atom. The second kappa shape index (κ2) is 4.41. The fourth-order valence-electron chi connectivity index (χ4n) is 3.43. The Bertz CT molecular complexity index is 406. The van der Waals surface area contributed by atoms with Gasteiger partial charge in [0.2, 0.25) is 0 Å². The predicted molar refractivity (Wildman–Crippen MR) is 70.8 cm³/mol. The van der Waals surface area contributed by atoms with E-state index in [0.717, 1.165) is 22.3 Å². The number of hydrogen-bond acceptors (Lipinski definition) is 3. The number of halogens is 1. The number of furan rings is 1. The maximum atomic E-state index is 5.69. The zero-order valence-corrected chi connectivity index (χ0v) is 11.9. The lowest BCUT2D eigenvalue weighted by Crippen LogP contribution is -2.35. The Labute approximate surface area is 111 Å². The highest BCUT2D eigenvalue weighted by atomic mass is 79.9. The molecule has 0 spiro atoms. The lowest BCUT2D eigenvalue weighted by Gasteiger charge is -2.29. The number of rotatable bonds is 2. The van der Waals surface area contributed by atoms with Crippen LogP contribution in [0, 0.1) is 11.8 Å². The van der Waals surface area contributed by atoms with Gasteiger partial charge in [0.05, 0.1) is 6.04 Å². The monoisotopic (exact) mass is 298 g/mol. The molecule has 0 aliphatic carbocycles. The zero-order chi connectivity index (χ0) is 12.0. The van der Waals surface area contributed by atoms with Gasteiger partial charge >= 0.3 is 0 Å². The summed E-state index contributed by atoms with van der Waals surface area (Å²) in [5, 5.41) is 3.50. The number of fused-ring (bicyclic) bond motifs is 1. The van der Waals surface area contributed by atoms with Gasteiger partial charge in [-0.3, -0.25) is 4.90 Å². The summed E-state index contributed by atoms with van der Waals surface area (Å²) in [4.78, 5) is 2.58. The molecular weight excluding hydrogens is 280 g/mol. The maximum Gasteiger partial charge on any atom is 0.169 e. The summed E-state index contributed by atoms with van der Waals surface area (Å²) in [6.07, 6.45) is 0. The molecular formula is C13H19BrN2O. The predicted octanol–water partition coefficient (Wildman–Crippen LogP) is 2.64. The van der Waals surface area contributed by atoms with Gasteiger partial charge in [0, 0.05) is 12.6 Å². The van der Waals surface area contributed by atoms with Crippen molar-refractivity contribution < 1.29 is 4.42 Å². The van der Waals surface area contributed by atoms with Crippen molar-refractivity contribution in [3.8, 4) is 0 Å². The Hall–Kier alpha value is -0.320. The molecule has 0 radical (unpaired) electrons. The highest BCUT2D eigenvalue weighted by Crippen LogP contribution is 2.38. The van der Waals surface area contributed by atoms with Gasteiger partial charge in [-0.15, -0.1) is 0 Å². The summed E-state index contributed by atoms with van der Waals surface area (Å²) < 4.78 is 6.51. The lowest BCUT2D eigenvalue weighted by molar-refractivity contribution is 0.162. The first-order valence-corrected chi connectivity index (χ1v) is 7.18. The standard InChI is InChI=1S/C13H19BrN2O/c1-8-11-6-15-5-10(11)7-16(8)9(2)12-3-4-13(14)17-12/h3-4,8-11,15H,5-7H2,1-2H3. The number of likely N-dealkylation sites (tertiary alicyclic amines) is 1. The molecule has 94 valence electrons. The van der Waals surface area contributed by atoms with Gasteiger partial charge in [-0.25, -0.2) is 0 Å². The molecule has 4 heteroatoms. The molecule has 0 aromatic carbocycles. The third-order valence-electron chi connectivity index (χ3n) is 4.48. The van der Waals surface area contributed by atoms with Crippen molar-refractivity contribution in [3.63, 3.8) is 0 Å². The summed E-state index contributed by atoms with van der Waals surface area (Å²) in [6.45, 7) is 8.15. The summed E-state index contributed by atoms with van der Waals surface area (Å²) in [7, 11) is 0. The number of nitrogens with zero attached hydrogens (tertiary/aromatic N) is 1. The Morgan fingerprint density at radius 1 is 1.47 bits per heavy atom. The van der Waals surface area contributed by atoms with Crippen LogP contribution < -0.4 is 5.32 Å². The average Bonchev–Trinajstić information content (AvgIpc) is 2.96. The highest BCUT2D eigenvalue weighted by Gasteiger charge is 2.43. The first-order valence-electron chi connectivity index (χ1n) is 6.38. The first kappa shape index (κ1) is 11.8. The summed E-state index contributed by atoms with van der Waals surface area (Å²) in [5.74, 6) is 2.71. The van der Waals surface area contributed by atoms with Gasteiger partial charge in [0.25, 0.3) is 0 Å². The van der Waals surface area contributed by atoms with E-state index in [0.29, 0.717) is 12.1 Å². The third-order valence-corrected chi connectivity index (χ3v) is 4.91. The van der Waals surface area contributed by atoms with Crippen molar-refractivity contribution in [2.75, 3.05) is 19.6 Å². The molecule has 2 saturated heterocycles. The molecule has 1 N–H and O–H groups in total. The van der Waals surface area contributed by atoms with E-state index in [4.69, 9.17) is 4.42 Å². The average molecular weight is 299 g/mol. The minimum atomic E-state index is 0.377. The van der Waals surface area contributed by atoms with Crippen LogP contribution in [0.4, 0.5) is 0 Å². The van der Waals surface area contributed by atoms with Gasteiger partial charge in [-0.1, -0.05) is 0 Å². The fraction of sp³-hybridized carbons (Fsp3) is 0.692. The van der Waals surface area contributed by atoms with Crippen LogP contribution in [0.15, 0.2) is 21.2 Å². The molecule has 0 saturated carbocycles. The van der Waals surface area contributed by atoms with E-state index in [1.54, 1.807) is 0 Å². The van der Waals surface area contributed by atoms with E-state index < -0.39 is 0 Å².